The van der Waals surface area contributed by atoms with Gasteiger partial charge in [0.15, 0.2) is 0 Å². The molecule has 1 saturated heterocycles. The number of aliphatic carboxylic acids is 1. The second-order valence-electron chi connectivity index (χ2n) is 7.80. The molecule has 0 aliphatic carbocycles. The lowest BCUT2D eigenvalue weighted by Gasteiger charge is -2.42. The molecular weight excluding hydrogens is 396 g/mol. The minimum atomic E-state index is -0.935. The fourth-order valence-electron chi connectivity index (χ4n) is 4.48. The largest absolute Gasteiger partial charge is 0.494 e. The van der Waals surface area contributed by atoms with Crippen molar-refractivity contribution in [2.75, 3.05) is 46.0 Å². The maximum Gasteiger partial charge on any atom is 0.313 e. The van der Waals surface area contributed by atoms with E-state index in [1.54, 1.807) is 29.2 Å². The van der Waals surface area contributed by atoms with Gasteiger partial charge in [0.25, 0.3) is 5.91 Å². The molecular formula is C24H28N2O5. The average Bonchev–Trinajstić information content (AvgIpc) is 2.79. The maximum atomic E-state index is 13.5. The van der Waals surface area contributed by atoms with E-state index in [0.29, 0.717) is 44.0 Å². The summed E-state index contributed by atoms with van der Waals surface area (Å²) >= 11 is 0. The molecule has 0 unspecified atom stereocenters. The van der Waals surface area contributed by atoms with Gasteiger partial charge < -0.3 is 19.5 Å². The number of fused-ring (bicyclic) bond motifs is 1. The van der Waals surface area contributed by atoms with Crippen molar-refractivity contribution in [3.63, 3.8) is 0 Å². The van der Waals surface area contributed by atoms with E-state index in [0.717, 1.165) is 24.4 Å². The van der Waals surface area contributed by atoms with E-state index in [1.165, 1.54) is 0 Å². The number of amides is 1. The third kappa shape index (κ3) is 4.43. The van der Waals surface area contributed by atoms with Crippen molar-refractivity contribution in [1.82, 2.24) is 9.80 Å². The van der Waals surface area contributed by atoms with Crippen LogP contribution in [0.3, 0.4) is 0 Å². The first-order chi connectivity index (χ1) is 15.1. The maximum absolute atomic E-state index is 13.5. The lowest BCUT2D eigenvalue weighted by Crippen LogP contribution is -2.49. The number of ether oxygens (including phenoxy) is 2. The van der Waals surface area contributed by atoms with Crippen LogP contribution in [0.4, 0.5) is 0 Å². The van der Waals surface area contributed by atoms with Gasteiger partial charge in [-0.05, 0) is 36.2 Å². The van der Waals surface area contributed by atoms with Gasteiger partial charge in [0.05, 0.1) is 25.9 Å². The van der Waals surface area contributed by atoms with E-state index >= 15 is 0 Å². The molecule has 4 rings (SSSR count). The summed E-state index contributed by atoms with van der Waals surface area (Å²) in [6, 6.07) is 13.9. The predicted octanol–water partition coefficient (Wildman–Crippen LogP) is 2.78. The summed E-state index contributed by atoms with van der Waals surface area (Å²) in [6.45, 7) is 6.58. The van der Waals surface area contributed by atoms with Crippen molar-refractivity contribution in [1.29, 1.82) is 0 Å². The van der Waals surface area contributed by atoms with Gasteiger partial charge in [0.1, 0.15) is 11.7 Å². The van der Waals surface area contributed by atoms with Gasteiger partial charge in [-0.25, -0.2) is 0 Å². The third-order valence-electron chi connectivity index (χ3n) is 6.00. The van der Waals surface area contributed by atoms with Crippen LogP contribution in [0, 0.1) is 0 Å². The van der Waals surface area contributed by atoms with Crippen LogP contribution in [0.5, 0.6) is 5.75 Å². The number of carbonyl (C=O) groups excluding carboxylic acids is 1. The summed E-state index contributed by atoms with van der Waals surface area (Å²) in [5.74, 6) is -1.17. The Hall–Kier alpha value is -2.90. The van der Waals surface area contributed by atoms with Gasteiger partial charge in [-0.2, -0.15) is 0 Å². The lowest BCUT2D eigenvalue weighted by atomic mass is 9.79. The topological polar surface area (TPSA) is 79.3 Å². The molecule has 0 saturated carbocycles. The number of morpholine rings is 1. The van der Waals surface area contributed by atoms with Crippen LogP contribution in [0.1, 0.15) is 40.4 Å². The second kappa shape index (κ2) is 9.49. The van der Waals surface area contributed by atoms with E-state index in [-0.39, 0.29) is 5.91 Å². The molecule has 1 amide bonds. The summed E-state index contributed by atoms with van der Waals surface area (Å²) in [6.07, 6.45) is 0. The quantitative estimate of drug-likeness (QED) is 0.736. The van der Waals surface area contributed by atoms with Crippen LogP contribution in [0.25, 0.3) is 0 Å². The first kappa shape index (κ1) is 21.3. The number of benzene rings is 2. The molecule has 1 N–H and O–H groups in total. The second-order valence-corrected chi connectivity index (χ2v) is 7.80. The minimum Gasteiger partial charge on any atom is -0.494 e. The number of hydrogen-bond acceptors (Lipinski definition) is 5. The van der Waals surface area contributed by atoms with Crippen LogP contribution in [-0.4, -0.2) is 72.8 Å². The summed E-state index contributed by atoms with van der Waals surface area (Å²) in [4.78, 5) is 29.9. The van der Waals surface area contributed by atoms with Gasteiger partial charge in [-0.15, -0.1) is 0 Å². The Morgan fingerprint density at radius 3 is 2.48 bits per heavy atom. The molecule has 2 aliphatic heterocycles. The molecule has 2 atom stereocenters. The molecule has 2 aliphatic rings. The number of carboxylic acids is 1. The van der Waals surface area contributed by atoms with Crippen LogP contribution in [0.2, 0.25) is 0 Å². The Labute approximate surface area is 182 Å². The highest BCUT2D eigenvalue weighted by atomic mass is 16.5. The molecule has 2 heterocycles. The van der Waals surface area contributed by atoms with Crippen molar-refractivity contribution in [2.24, 2.45) is 0 Å². The van der Waals surface area contributed by atoms with Crippen molar-refractivity contribution in [3.8, 4) is 5.75 Å². The fourth-order valence-corrected chi connectivity index (χ4v) is 4.48. The predicted molar refractivity (Wildman–Crippen MR) is 115 cm³/mol. The first-order valence-corrected chi connectivity index (χ1v) is 10.8. The van der Waals surface area contributed by atoms with Gasteiger partial charge in [-0.3, -0.25) is 14.5 Å². The van der Waals surface area contributed by atoms with Crippen molar-refractivity contribution >= 4 is 11.9 Å². The van der Waals surface area contributed by atoms with Gasteiger partial charge in [-0.1, -0.05) is 30.3 Å². The number of carbonyl (C=O) groups is 2. The van der Waals surface area contributed by atoms with Crippen molar-refractivity contribution in [3.05, 3.63) is 65.2 Å². The highest BCUT2D eigenvalue weighted by Crippen LogP contribution is 2.43. The average molecular weight is 424 g/mol. The smallest absolute Gasteiger partial charge is 0.313 e. The lowest BCUT2D eigenvalue weighted by molar-refractivity contribution is -0.140. The molecule has 164 valence electrons. The van der Waals surface area contributed by atoms with Crippen LogP contribution in [-0.2, 0) is 9.53 Å². The summed E-state index contributed by atoms with van der Waals surface area (Å²) < 4.78 is 11.0. The summed E-state index contributed by atoms with van der Waals surface area (Å²) in [5.41, 5.74) is 1.83. The fraction of sp³-hybridized carbons (Fsp3) is 0.417. The molecule has 7 heteroatoms. The van der Waals surface area contributed by atoms with Crippen LogP contribution in [0.15, 0.2) is 48.5 Å². The first-order valence-electron chi connectivity index (χ1n) is 10.8. The highest BCUT2D eigenvalue weighted by molar-refractivity contribution is 6.00. The molecule has 0 bridgehead atoms. The summed E-state index contributed by atoms with van der Waals surface area (Å²) in [5, 5.41) is 10.2. The number of hydrogen-bond donors (Lipinski definition) is 1. The van der Waals surface area contributed by atoms with Gasteiger partial charge in [0.2, 0.25) is 0 Å². The molecule has 0 spiro atoms. The molecule has 2 aromatic carbocycles. The summed E-state index contributed by atoms with van der Waals surface area (Å²) in [7, 11) is 0. The van der Waals surface area contributed by atoms with Gasteiger partial charge >= 0.3 is 5.97 Å². The minimum absolute atomic E-state index is 0.125. The van der Waals surface area contributed by atoms with Crippen molar-refractivity contribution < 1.29 is 24.2 Å². The van der Waals surface area contributed by atoms with E-state index < -0.39 is 17.9 Å². The Balaban J connectivity index is 1.71. The number of nitrogens with zero attached hydrogens (tertiary/aromatic N) is 2. The number of carboxylic acid groups (broad SMARTS) is 1. The third-order valence-corrected chi connectivity index (χ3v) is 6.00. The monoisotopic (exact) mass is 424 g/mol. The standard InChI is InChI=1S/C24H28N2O5/c1-2-31-18-9-7-17(8-10-18)22-21(24(28)29)19-5-3-4-6-20(19)23(27)26(22)12-11-25-13-15-30-16-14-25/h3-10,21-22H,2,11-16H2,1H3,(H,28,29)/t21-,22-/m1/s1. The Kier molecular flexibility index (Phi) is 6.53. The molecule has 31 heavy (non-hydrogen) atoms. The molecule has 0 aromatic heterocycles. The zero-order valence-electron chi connectivity index (χ0n) is 17.7. The van der Waals surface area contributed by atoms with E-state index in [9.17, 15) is 14.7 Å². The Morgan fingerprint density at radius 1 is 1.10 bits per heavy atom. The highest BCUT2D eigenvalue weighted by Gasteiger charge is 2.44. The normalized spacial score (nSPS) is 21.6. The zero-order chi connectivity index (χ0) is 21.8. The van der Waals surface area contributed by atoms with Crippen molar-refractivity contribution in [2.45, 2.75) is 18.9 Å². The van der Waals surface area contributed by atoms with Crippen LogP contribution < -0.4 is 4.74 Å². The molecule has 1 fully saturated rings. The van der Waals surface area contributed by atoms with E-state index in [2.05, 4.69) is 4.90 Å². The molecule has 7 nitrogen and oxygen atoms in total. The Morgan fingerprint density at radius 2 is 1.81 bits per heavy atom. The van der Waals surface area contributed by atoms with Gasteiger partial charge in [0, 0.05) is 31.7 Å². The van der Waals surface area contributed by atoms with E-state index in [1.807, 2.05) is 31.2 Å². The number of rotatable bonds is 7. The van der Waals surface area contributed by atoms with E-state index in [4.69, 9.17) is 9.47 Å². The molecule has 2 aromatic rings. The SMILES string of the molecule is CCOc1ccc([C@@H]2[C@H](C(=O)O)c3ccccc3C(=O)N2CCN2CCOCC2)cc1. The zero-order valence-corrected chi connectivity index (χ0v) is 17.7. The van der Waals surface area contributed by atoms with Crippen LogP contribution >= 0.6 is 0 Å². The Bertz CT molecular complexity index is 924. The molecule has 0 radical (unpaired) electrons.